The van der Waals surface area contributed by atoms with E-state index in [1.54, 1.807) is 24.1 Å². The van der Waals surface area contributed by atoms with Gasteiger partial charge in [0.1, 0.15) is 5.82 Å². The van der Waals surface area contributed by atoms with E-state index in [1.807, 2.05) is 18.7 Å². The second-order valence-corrected chi connectivity index (χ2v) is 5.14. The van der Waals surface area contributed by atoms with Crippen LogP contribution in [0.1, 0.15) is 19.4 Å². The molecule has 0 unspecified atom stereocenters. The van der Waals surface area contributed by atoms with Crippen molar-refractivity contribution in [3.63, 3.8) is 0 Å². The van der Waals surface area contributed by atoms with Gasteiger partial charge in [-0.3, -0.25) is 9.69 Å². The molecule has 0 saturated heterocycles. The molecule has 0 aliphatic rings. The van der Waals surface area contributed by atoms with Crippen molar-refractivity contribution >= 4 is 5.91 Å². The number of nitrogens with zero attached hydrogens (tertiary/aromatic N) is 2. The predicted octanol–water partition coefficient (Wildman–Crippen LogP) is 2.68. The van der Waals surface area contributed by atoms with E-state index in [2.05, 4.69) is 6.58 Å². The smallest absolute Gasteiger partial charge is 0.236 e. The molecule has 0 heterocycles. The Balaban J connectivity index is 2.53. The van der Waals surface area contributed by atoms with Crippen LogP contribution in [0.4, 0.5) is 4.39 Å². The van der Waals surface area contributed by atoms with Gasteiger partial charge in [0, 0.05) is 20.1 Å². The van der Waals surface area contributed by atoms with Crippen LogP contribution in [0.3, 0.4) is 0 Å². The van der Waals surface area contributed by atoms with Gasteiger partial charge < -0.3 is 4.90 Å². The topological polar surface area (TPSA) is 23.6 Å². The molecule has 0 aliphatic heterocycles. The summed E-state index contributed by atoms with van der Waals surface area (Å²) in [5, 5.41) is 0. The number of rotatable bonds is 7. The fourth-order valence-electron chi connectivity index (χ4n) is 1.93. The number of carbonyl (C=O) groups excluding carboxylic acids is 1. The number of benzene rings is 1. The minimum atomic E-state index is -0.263. The SMILES string of the molecule is C=C(C)CN(CC)CC(=O)N(C)Cc1ccc(F)cc1. The van der Waals surface area contributed by atoms with Gasteiger partial charge in [0.05, 0.1) is 6.54 Å². The van der Waals surface area contributed by atoms with Crippen LogP contribution in [0.5, 0.6) is 0 Å². The summed E-state index contributed by atoms with van der Waals surface area (Å²) in [7, 11) is 1.76. The summed E-state index contributed by atoms with van der Waals surface area (Å²) < 4.78 is 12.8. The average molecular weight is 278 g/mol. The molecule has 110 valence electrons. The Labute approximate surface area is 120 Å². The van der Waals surface area contributed by atoms with Crippen molar-refractivity contribution in [1.82, 2.24) is 9.80 Å². The molecule has 0 spiro atoms. The summed E-state index contributed by atoms with van der Waals surface area (Å²) in [5.41, 5.74) is 1.96. The predicted molar refractivity (Wildman–Crippen MR) is 79.8 cm³/mol. The van der Waals surface area contributed by atoms with Gasteiger partial charge >= 0.3 is 0 Å². The highest BCUT2D eigenvalue weighted by atomic mass is 19.1. The Kier molecular flexibility index (Phi) is 6.39. The van der Waals surface area contributed by atoms with Gasteiger partial charge in [-0.1, -0.05) is 31.2 Å². The number of hydrogen-bond acceptors (Lipinski definition) is 2. The van der Waals surface area contributed by atoms with Crippen molar-refractivity contribution in [2.45, 2.75) is 20.4 Å². The maximum Gasteiger partial charge on any atom is 0.236 e. The van der Waals surface area contributed by atoms with E-state index in [0.717, 1.165) is 24.2 Å². The third-order valence-electron chi connectivity index (χ3n) is 3.06. The average Bonchev–Trinajstić information content (AvgIpc) is 2.39. The van der Waals surface area contributed by atoms with Gasteiger partial charge in [-0.25, -0.2) is 4.39 Å². The molecular formula is C16H23FN2O. The van der Waals surface area contributed by atoms with Crippen LogP contribution >= 0.6 is 0 Å². The Bertz CT molecular complexity index is 456. The highest BCUT2D eigenvalue weighted by Gasteiger charge is 2.13. The van der Waals surface area contributed by atoms with Crippen LogP contribution in [0.15, 0.2) is 36.4 Å². The minimum absolute atomic E-state index is 0.0532. The summed E-state index contributed by atoms with van der Waals surface area (Å²) in [6, 6.07) is 6.22. The normalized spacial score (nSPS) is 10.7. The quantitative estimate of drug-likeness (QED) is 0.716. The fourth-order valence-corrected chi connectivity index (χ4v) is 1.93. The van der Waals surface area contributed by atoms with E-state index in [9.17, 15) is 9.18 Å². The lowest BCUT2D eigenvalue weighted by molar-refractivity contribution is -0.131. The van der Waals surface area contributed by atoms with Crippen LogP contribution in [-0.4, -0.2) is 42.4 Å². The summed E-state index contributed by atoms with van der Waals surface area (Å²) in [6.45, 7) is 10.2. The first-order chi connectivity index (χ1) is 9.42. The monoisotopic (exact) mass is 278 g/mol. The highest BCUT2D eigenvalue weighted by Crippen LogP contribution is 2.06. The zero-order chi connectivity index (χ0) is 15.1. The molecule has 0 radical (unpaired) electrons. The third-order valence-corrected chi connectivity index (χ3v) is 3.06. The Morgan fingerprint density at radius 2 is 1.85 bits per heavy atom. The van der Waals surface area contributed by atoms with Crippen LogP contribution in [0, 0.1) is 5.82 Å². The van der Waals surface area contributed by atoms with Crippen LogP contribution in [-0.2, 0) is 11.3 Å². The van der Waals surface area contributed by atoms with Crippen molar-refractivity contribution < 1.29 is 9.18 Å². The third kappa shape index (κ3) is 5.53. The summed E-state index contributed by atoms with van der Waals surface area (Å²) in [4.78, 5) is 15.9. The number of halogens is 1. The van der Waals surface area contributed by atoms with E-state index in [0.29, 0.717) is 13.1 Å². The number of carbonyl (C=O) groups is 1. The molecule has 1 rings (SSSR count). The van der Waals surface area contributed by atoms with Crippen molar-refractivity contribution in [2.24, 2.45) is 0 Å². The van der Waals surface area contributed by atoms with Gasteiger partial charge in [0.25, 0.3) is 0 Å². The van der Waals surface area contributed by atoms with Crippen molar-refractivity contribution in [3.05, 3.63) is 47.8 Å². The van der Waals surface area contributed by atoms with Crippen molar-refractivity contribution in [2.75, 3.05) is 26.7 Å². The molecule has 20 heavy (non-hydrogen) atoms. The Hall–Kier alpha value is -1.68. The summed E-state index contributed by atoms with van der Waals surface area (Å²) in [5.74, 6) is -0.209. The molecular weight excluding hydrogens is 255 g/mol. The van der Waals surface area contributed by atoms with E-state index in [1.165, 1.54) is 12.1 Å². The molecule has 0 aromatic heterocycles. The number of likely N-dealkylation sites (N-methyl/N-ethyl adjacent to an activating group) is 2. The van der Waals surface area contributed by atoms with Crippen LogP contribution in [0.25, 0.3) is 0 Å². The van der Waals surface area contributed by atoms with Gasteiger partial charge in [-0.15, -0.1) is 0 Å². The zero-order valence-electron chi connectivity index (χ0n) is 12.5. The molecule has 0 atom stereocenters. The molecule has 1 aromatic rings. The maximum atomic E-state index is 12.8. The molecule has 0 N–H and O–H groups in total. The van der Waals surface area contributed by atoms with Crippen molar-refractivity contribution in [1.29, 1.82) is 0 Å². The Morgan fingerprint density at radius 1 is 1.25 bits per heavy atom. The molecule has 0 bridgehead atoms. The molecule has 0 saturated carbocycles. The second-order valence-electron chi connectivity index (χ2n) is 5.14. The van der Waals surface area contributed by atoms with Gasteiger partial charge in [0.15, 0.2) is 0 Å². The maximum absolute atomic E-state index is 12.8. The zero-order valence-corrected chi connectivity index (χ0v) is 12.5. The fraction of sp³-hybridized carbons (Fsp3) is 0.438. The largest absolute Gasteiger partial charge is 0.340 e. The molecule has 1 amide bonds. The van der Waals surface area contributed by atoms with E-state index in [4.69, 9.17) is 0 Å². The molecule has 3 nitrogen and oxygen atoms in total. The first-order valence-electron chi connectivity index (χ1n) is 6.77. The molecule has 4 heteroatoms. The molecule has 0 aliphatic carbocycles. The number of hydrogen-bond donors (Lipinski definition) is 0. The van der Waals surface area contributed by atoms with Crippen LogP contribution < -0.4 is 0 Å². The van der Waals surface area contributed by atoms with E-state index in [-0.39, 0.29) is 11.7 Å². The first-order valence-corrected chi connectivity index (χ1v) is 6.77. The minimum Gasteiger partial charge on any atom is -0.340 e. The van der Waals surface area contributed by atoms with E-state index >= 15 is 0 Å². The van der Waals surface area contributed by atoms with Crippen molar-refractivity contribution in [3.8, 4) is 0 Å². The summed E-state index contributed by atoms with van der Waals surface area (Å²) in [6.07, 6.45) is 0. The van der Waals surface area contributed by atoms with Gasteiger partial charge in [-0.05, 0) is 31.2 Å². The lowest BCUT2D eigenvalue weighted by Crippen LogP contribution is -2.38. The van der Waals surface area contributed by atoms with Crippen LogP contribution in [0.2, 0.25) is 0 Å². The lowest BCUT2D eigenvalue weighted by atomic mass is 10.2. The van der Waals surface area contributed by atoms with E-state index < -0.39 is 0 Å². The molecule has 1 aromatic carbocycles. The van der Waals surface area contributed by atoms with Gasteiger partial charge in [-0.2, -0.15) is 0 Å². The summed E-state index contributed by atoms with van der Waals surface area (Å²) >= 11 is 0. The standard InChI is InChI=1S/C16H23FN2O/c1-5-19(10-13(2)3)12-16(20)18(4)11-14-6-8-15(17)9-7-14/h6-9H,2,5,10-12H2,1,3-4H3. The second kappa shape index (κ2) is 7.80. The molecule has 0 fully saturated rings. The number of amides is 1. The highest BCUT2D eigenvalue weighted by molar-refractivity contribution is 5.78. The lowest BCUT2D eigenvalue weighted by Gasteiger charge is -2.24. The Morgan fingerprint density at radius 3 is 2.35 bits per heavy atom. The first kappa shape index (κ1) is 16.4. The van der Waals surface area contributed by atoms with Gasteiger partial charge in [0.2, 0.25) is 5.91 Å².